The van der Waals surface area contributed by atoms with Gasteiger partial charge in [-0.2, -0.15) is 0 Å². The van der Waals surface area contributed by atoms with Crippen LogP contribution in [0.3, 0.4) is 0 Å². The topological polar surface area (TPSA) is 215 Å². The first kappa shape index (κ1) is 40.2. The van der Waals surface area contributed by atoms with Crippen molar-refractivity contribution in [2.45, 2.75) is 85.9 Å². The molecular weight excluding hydrogens is 612 g/mol. The number of rotatable bonds is 19. The lowest BCUT2D eigenvalue weighted by molar-refractivity contribution is -0.384. The molecule has 1 aromatic rings. The van der Waals surface area contributed by atoms with Gasteiger partial charge in [-0.05, 0) is 56.1 Å². The van der Waals surface area contributed by atoms with E-state index < -0.39 is 65.1 Å². The second kappa shape index (κ2) is 19.6. The van der Waals surface area contributed by atoms with Crippen LogP contribution in [-0.4, -0.2) is 71.6 Å². The number of nitrogens with zero attached hydrogens (tertiary/aromatic N) is 1. The molecule has 0 saturated heterocycles. The van der Waals surface area contributed by atoms with Crippen LogP contribution in [0.25, 0.3) is 0 Å². The van der Waals surface area contributed by atoms with Crippen molar-refractivity contribution in [1.82, 2.24) is 26.6 Å². The Labute approximate surface area is 275 Å². The minimum absolute atomic E-state index is 0.000323. The minimum atomic E-state index is -1.05. The fourth-order valence-electron chi connectivity index (χ4n) is 4.30. The lowest BCUT2D eigenvalue weighted by Crippen LogP contribution is -2.58. The number of nitro groups is 1. The van der Waals surface area contributed by atoms with E-state index in [-0.39, 0.29) is 60.6 Å². The number of hydrogen-bond donors (Lipinski definition) is 5. The van der Waals surface area contributed by atoms with Crippen molar-refractivity contribution in [2.24, 2.45) is 17.8 Å². The highest BCUT2D eigenvalue weighted by Crippen LogP contribution is 2.17. The summed E-state index contributed by atoms with van der Waals surface area (Å²) >= 11 is 0. The first-order valence-corrected chi connectivity index (χ1v) is 15.5. The summed E-state index contributed by atoms with van der Waals surface area (Å²) in [5.74, 6) is -3.81. The highest BCUT2D eigenvalue weighted by atomic mass is 16.6. The van der Waals surface area contributed by atoms with Crippen molar-refractivity contribution in [1.29, 1.82) is 0 Å². The summed E-state index contributed by atoms with van der Waals surface area (Å²) in [4.78, 5) is 86.7. The Balaban J connectivity index is 2.96. The zero-order valence-electron chi connectivity index (χ0n) is 28.1. The number of nitrogens with one attached hydrogen (secondary N) is 5. The Bertz CT molecular complexity index is 1290. The van der Waals surface area contributed by atoms with E-state index in [2.05, 4.69) is 33.2 Å². The fourth-order valence-corrected chi connectivity index (χ4v) is 4.30. The van der Waals surface area contributed by atoms with Crippen LogP contribution in [0.15, 0.2) is 36.4 Å². The van der Waals surface area contributed by atoms with E-state index >= 15 is 0 Å². The zero-order chi connectivity index (χ0) is 35.8. The Morgan fingerprint density at radius 2 is 1.17 bits per heavy atom. The first-order valence-electron chi connectivity index (χ1n) is 15.5. The molecule has 0 aromatic heterocycles. The number of nitro benzene ring substituents is 1. The number of ether oxygens (including phenoxy) is 1. The average Bonchev–Trinajstić information content (AvgIpc) is 2.96. The molecule has 0 aliphatic heterocycles. The van der Waals surface area contributed by atoms with Gasteiger partial charge >= 0.3 is 5.97 Å². The van der Waals surface area contributed by atoms with Crippen LogP contribution in [0.1, 0.15) is 67.7 Å². The molecule has 0 aliphatic rings. The number of benzene rings is 1. The van der Waals surface area contributed by atoms with Gasteiger partial charge in [0.05, 0.1) is 11.5 Å². The minimum Gasteiger partial charge on any atom is -0.425 e. The van der Waals surface area contributed by atoms with Gasteiger partial charge in [-0.3, -0.25) is 34.1 Å². The third-order valence-electron chi connectivity index (χ3n) is 6.52. The van der Waals surface area contributed by atoms with Gasteiger partial charge in [0, 0.05) is 17.7 Å². The summed E-state index contributed by atoms with van der Waals surface area (Å²) in [5.41, 5.74) is 0.0466. The molecular formula is C32H48N6O9. The van der Waals surface area contributed by atoms with Gasteiger partial charge in [0.25, 0.3) is 5.69 Å². The summed E-state index contributed by atoms with van der Waals surface area (Å²) in [6, 6.07) is 1.75. The maximum Gasteiger partial charge on any atom is 0.330 e. The molecule has 0 radical (unpaired) electrons. The number of hydrogen-bond acceptors (Lipinski definition) is 9. The van der Waals surface area contributed by atoms with Crippen LogP contribution in [0.4, 0.5) is 5.69 Å². The van der Waals surface area contributed by atoms with E-state index in [0.29, 0.717) is 0 Å². The van der Waals surface area contributed by atoms with Crippen LogP contribution in [0.5, 0.6) is 5.75 Å². The molecule has 0 heterocycles. The van der Waals surface area contributed by atoms with Crippen LogP contribution in [0.2, 0.25) is 0 Å². The number of non-ortho nitro benzene ring substituents is 1. The van der Waals surface area contributed by atoms with E-state index in [1.165, 1.54) is 31.2 Å². The molecule has 0 spiro atoms. The van der Waals surface area contributed by atoms with E-state index in [0.717, 1.165) is 0 Å². The molecule has 1 rings (SSSR count). The van der Waals surface area contributed by atoms with Gasteiger partial charge in [-0.15, -0.1) is 0 Å². The molecule has 5 N–H and O–H groups in total. The summed E-state index contributed by atoms with van der Waals surface area (Å²) in [6.07, 6.45) is 0.710. The fraction of sp³-hybridized carbons (Fsp3) is 0.562. The van der Waals surface area contributed by atoms with E-state index in [1.54, 1.807) is 0 Å². The van der Waals surface area contributed by atoms with Gasteiger partial charge in [0.2, 0.25) is 29.5 Å². The molecule has 0 bridgehead atoms. The van der Waals surface area contributed by atoms with E-state index in [1.807, 2.05) is 41.5 Å². The molecule has 0 unspecified atom stereocenters. The van der Waals surface area contributed by atoms with Crippen molar-refractivity contribution >= 4 is 41.2 Å². The Morgan fingerprint density at radius 3 is 1.60 bits per heavy atom. The largest absolute Gasteiger partial charge is 0.425 e. The lowest BCUT2D eigenvalue weighted by Gasteiger charge is -2.27. The Hall–Kier alpha value is -4.82. The zero-order valence-corrected chi connectivity index (χ0v) is 28.1. The SMILES string of the molecule is C=C(C)C(=O)NCC(=O)N[C@@H](CC(C)C)C(=O)N[C@@H](CC(C)C)C(=O)N[C@@H](CC(C)C)C(=O)NCC(=O)Oc1ccc([N+](=O)[O-])cc1. The first-order chi connectivity index (χ1) is 21.9. The number of carbonyl (C=O) groups is 6. The molecule has 260 valence electrons. The Morgan fingerprint density at radius 1 is 0.723 bits per heavy atom. The van der Waals surface area contributed by atoms with Gasteiger partial charge < -0.3 is 31.3 Å². The van der Waals surface area contributed by atoms with E-state index in [4.69, 9.17) is 4.74 Å². The van der Waals surface area contributed by atoms with Crippen LogP contribution < -0.4 is 31.3 Å². The van der Waals surface area contributed by atoms with E-state index in [9.17, 15) is 38.9 Å². The van der Waals surface area contributed by atoms with Crippen molar-refractivity contribution in [3.63, 3.8) is 0 Å². The molecule has 15 nitrogen and oxygen atoms in total. The van der Waals surface area contributed by atoms with Gasteiger partial charge in [0.1, 0.15) is 30.4 Å². The van der Waals surface area contributed by atoms with Crippen molar-refractivity contribution in [2.75, 3.05) is 13.1 Å². The smallest absolute Gasteiger partial charge is 0.330 e. The second-order valence-electron chi connectivity index (χ2n) is 12.5. The third-order valence-corrected chi connectivity index (χ3v) is 6.52. The normalized spacial score (nSPS) is 12.8. The summed E-state index contributed by atoms with van der Waals surface area (Å²) in [5, 5.41) is 23.7. The number of esters is 1. The average molecular weight is 661 g/mol. The van der Waals surface area contributed by atoms with Gasteiger partial charge in [0.15, 0.2) is 0 Å². The maximum atomic E-state index is 13.5. The number of carbonyl (C=O) groups excluding carboxylic acids is 6. The predicted molar refractivity (Wildman–Crippen MR) is 174 cm³/mol. The molecule has 3 atom stereocenters. The second-order valence-corrected chi connectivity index (χ2v) is 12.5. The molecule has 0 saturated carbocycles. The molecule has 0 aliphatic carbocycles. The standard InChI is InChI=1S/C32H48N6O9/c1-18(2)13-24(30(42)34-17-28(40)47-23-11-9-22(10-12-23)38(45)46)36-32(44)26(15-20(5)6)37-31(43)25(14-19(3)4)35-27(39)16-33-29(41)21(7)8/h9-12,18-20,24-26H,7,13-17H2,1-6,8H3,(H,33,41)(H,34,42)(H,35,39)(H,36,44)(H,37,43)/t24-,25-,26-/m0/s1. The van der Waals surface area contributed by atoms with Crippen molar-refractivity contribution in [3.05, 3.63) is 46.5 Å². The Kier molecular flexibility index (Phi) is 16.8. The van der Waals surface area contributed by atoms with Crippen molar-refractivity contribution in [3.8, 4) is 5.75 Å². The highest BCUT2D eigenvalue weighted by Gasteiger charge is 2.31. The molecule has 1 aromatic carbocycles. The van der Waals surface area contributed by atoms with Crippen molar-refractivity contribution < 1.29 is 38.4 Å². The summed E-state index contributed by atoms with van der Waals surface area (Å²) in [7, 11) is 0. The van der Waals surface area contributed by atoms with Crippen LogP contribution >= 0.6 is 0 Å². The molecule has 0 fully saturated rings. The summed E-state index contributed by atoms with van der Waals surface area (Å²) < 4.78 is 5.12. The predicted octanol–water partition coefficient (Wildman–Crippen LogP) is 1.90. The van der Waals surface area contributed by atoms with Gasteiger partial charge in [-0.25, -0.2) is 4.79 Å². The lowest BCUT2D eigenvalue weighted by atomic mass is 9.98. The molecule has 47 heavy (non-hydrogen) atoms. The van der Waals surface area contributed by atoms with Crippen LogP contribution in [-0.2, 0) is 28.8 Å². The van der Waals surface area contributed by atoms with Gasteiger partial charge in [-0.1, -0.05) is 48.1 Å². The molecule has 5 amide bonds. The summed E-state index contributed by atoms with van der Waals surface area (Å²) in [6.45, 7) is 15.3. The third kappa shape index (κ3) is 15.8. The number of amides is 5. The monoisotopic (exact) mass is 660 g/mol. The molecule has 15 heteroatoms. The highest BCUT2D eigenvalue weighted by molar-refractivity contribution is 5.97. The quantitative estimate of drug-likeness (QED) is 0.0481. The maximum absolute atomic E-state index is 13.5. The van der Waals surface area contributed by atoms with Crippen LogP contribution in [0, 0.1) is 27.9 Å².